The van der Waals surface area contributed by atoms with Gasteiger partial charge in [-0.2, -0.15) is 0 Å². The summed E-state index contributed by atoms with van der Waals surface area (Å²) >= 11 is 0. The maximum absolute atomic E-state index is 10.2. The van der Waals surface area contributed by atoms with Gasteiger partial charge in [-0.1, -0.05) is 44.9 Å². The molecule has 0 radical (unpaired) electrons. The van der Waals surface area contributed by atoms with Crippen molar-refractivity contribution >= 4 is 13.8 Å². The first-order valence-corrected chi connectivity index (χ1v) is 8.54. The molecule has 7 nitrogen and oxygen atoms in total. The second kappa shape index (κ2) is 18.5. The predicted molar refractivity (Wildman–Crippen MR) is 77.1 cm³/mol. The van der Waals surface area contributed by atoms with Crippen molar-refractivity contribution in [1.29, 1.82) is 0 Å². The van der Waals surface area contributed by atoms with E-state index in [1.165, 1.54) is 38.5 Å². The molecule has 0 aliphatic carbocycles. The number of carboxylic acids is 1. The predicted octanol–water partition coefficient (Wildman–Crippen LogP) is 2.00. The van der Waals surface area contributed by atoms with Crippen molar-refractivity contribution in [3.63, 3.8) is 0 Å². The normalized spacial score (nSPS) is 10.3. The monoisotopic (exact) mass is 403 g/mol. The maximum Gasteiger partial charge on any atom is 0.466 e. The van der Waals surface area contributed by atoms with Gasteiger partial charge >= 0.3 is 13.8 Å². The Labute approximate surface area is 145 Å². The van der Waals surface area contributed by atoms with Crippen LogP contribution in [0.2, 0.25) is 0 Å². The van der Waals surface area contributed by atoms with Crippen LogP contribution in [-0.4, -0.2) is 32.3 Å². The molecule has 0 saturated heterocycles. The number of carboxylic acid groups (broad SMARTS) is 1. The fourth-order valence-electron chi connectivity index (χ4n) is 1.66. The van der Waals surface area contributed by atoms with Crippen molar-refractivity contribution in [3.05, 3.63) is 0 Å². The van der Waals surface area contributed by atoms with Gasteiger partial charge in [-0.05, 0) is 19.4 Å². The molecular formula is C12H28NO6PZr. The van der Waals surface area contributed by atoms with E-state index in [1.54, 1.807) is 0 Å². The Morgan fingerprint density at radius 1 is 0.810 bits per heavy atom. The Hall–Kier alpha value is 0.423. The smallest absolute Gasteiger partial charge is 0.466 e. The Balaban J connectivity index is -0.000000465. The van der Waals surface area contributed by atoms with Crippen molar-refractivity contribution in [1.82, 2.24) is 0 Å². The van der Waals surface area contributed by atoms with Crippen molar-refractivity contribution in [3.8, 4) is 0 Å². The summed E-state index contributed by atoms with van der Waals surface area (Å²) < 4.78 is 8.88. The van der Waals surface area contributed by atoms with Crippen LogP contribution in [0.25, 0.3) is 0 Å². The van der Waals surface area contributed by atoms with Crippen molar-refractivity contribution in [2.75, 3.05) is 6.54 Å². The summed E-state index contributed by atoms with van der Waals surface area (Å²) in [5.41, 5.74) is 5.40. The molecule has 0 bridgehead atoms. The minimum atomic E-state index is -4.64. The fraction of sp³-hybridized carbons (Fsp3) is 0.917. The molecule has 0 rings (SSSR count). The number of carbonyl (C=O) groups is 1. The first-order chi connectivity index (χ1) is 9.27. The molecule has 0 aromatic heterocycles. The van der Waals surface area contributed by atoms with Crippen LogP contribution in [0.3, 0.4) is 0 Å². The number of unbranched alkanes of at least 4 members (excludes halogenated alkanes) is 8. The van der Waals surface area contributed by atoms with Gasteiger partial charge in [-0.15, -0.1) is 0 Å². The van der Waals surface area contributed by atoms with Crippen LogP contribution in [0.15, 0.2) is 0 Å². The summed E-state index contributed by atoms with van der Waals surface area (Å²) in [5.74, 6) is -0.670. The second-order valence-electron chi connectivity index (χ2n) is 4.63. The Morgan fingerprint density at radius 3 is 1.38 bits per heavy atom. The summed E-state index contributed by atoms with van der Waals surface area (Å²) in [6.07, 6.45) is 11.0. The molecular weight excluding hydrogens is 376 g/mol. The Morgan fingerprint density at radius 2 is 1.10 bits per heavy atom. The van der Waals surface area contributed by atoms with E-state index in [1.807, 2.05) is 0 Å². The minimum absolute atomic E-state index is 0. The number of rotatable bonds is 11. The quantitative estimate of drug-likeness (QED) is 0.262. The molecule has 0 heterocycles. The summed E-state index contributed by atoms with van der Waals surface area (Å²) in [6, 6.07) is 0. The molecule has 126 valence electrons. The molecule has 0 aliphatic rings. The summed E-state index contributed by atoms with van der Waals surface area (Å²) in [7, 11) is -4.64. The molecule has 0 fully saturated rings. The van der Waals surface area contributed by atoms with Crippen LogP contribution in [0.5, 0.6) is 0 Å². The van der Waals surface area contributed by atoms with Crippen LogP contribution < -0.4 is 5.73 Å². The van der Waals surface area contributed by atoms with Crippen molar-refractivity contribution < 1.29 is 55.3 Å². The first kappa shape index (κ1) is 26.3. The molecule has 0 aromatic carbocycles. The number of hydrogen-bond acceptors (Lipinski definition) is 3. The third-order valence-corrected chi connectivity index (χ3v) is 2.59. The van der Waals surface area contributed by atoms with Gasteiger partial charge in [0, 0.05) is 32.6 Å². The van der Waals surface area contributed by atoms with Crippen LogP contribution in [0.1, 0.15) is 64.2 Å². The third kappa shape index (κ3) is 44.9. The molecule has 0 spiro atoms. The van der Waals surface area contributed by atoms with E-state index >= 15 is 0 Å². The van der Waals surface area contributed by atoms with Gasteiger partial charge in [0.1, 0.15) is 0 Å². The molecule has 0 aromatic rings. The van der Waals surface area contributed by atoms with E-state index in [0.29, 0.717) is 6.42 Å². The molecule has 0 saturated carbocycles. The standard InChI is InChI=1S/C12H25NO2.H3O4P.Zr/c13-11-9-7-5-3-1-2-4-6-8-10-12(14)15;1-5(2,3)4;/h1-11,13H2,(H,14,15);(H3,1,2,3,4);. The van der Waals surface area contributed by atoms with Gasteiger partial charge in [-0.3, -0.25) is 4.79 Å². The van der Waals surface area contributed by atoms with E-state index in [0.717, 1.165) is 25.8 Å². The van der Waals surface area contributed by atoms with Crippen molar-refractivity contribution in [2.24, 2.45) is 5.73 Å². The number of nitrogens with two attached hydrogens (primary N) is 1. The van der Waals surface area contributed by atoms with Crippen LogP contribution in [-0.2, 0) is 35.6 Å². The number of aliphatic carboxylic acids is 1. The average Bonchev–Trinajstić information content (AvgIpc) is 2.29. The first-order valence-electron chi connectivity index (χ1n) is 6.97. The van der Waals surface area contributed by atoms with Gasteiger partial charge < -0.3 is 25.5 Å². The van der Waals surface area contributed by atoms with Crippen molar-refractivity contribution in [2.45, 2.75) is 64.2 Å². The molecule has 0 atom stereocenters. The third-order valence-electron chi connectivity index (χ3n) is 2.59. The van der Waals surface area contributed by atoms with Gasteiger partial charge in [0.2, 0.25) is 0 Å². The molecule has 0 amide bonds. The summed E-state index contributed by atoms with van der Waals surface area (Å²) in [6.45, 7) is 0.815. The van der Waals surface area contributed by atoms with Gasteiger partial charge in [-0.25, -0.2) is 4.57 Å². The summed E-state index contributed by atoms with van der Waals surface area (Å²) in [5, 5.41) is 8.43. The van der Waals surface area contributed by atoms with Gasteiger partial charge in [0.15, 0.2) is 0 Å². The summed E-state index contributed by atoms with van der Waals surface area (Å²) in [4.78, 5) is 31.8. The van der Waals surface area contributed by atoms with Crippen LogP contribution in [0, 0.1) is 0 Å². The fourth-order valence-corrected chi connectivity index (χ4v) is 1.66. The number of hydrogen-bond donors (Lipinski definition) is 5. The van der Waals surface area contributed by atoms with Gasteiger partial charge in [0.05, 0.1) is 0 Å². The van der Waals surface area contributed by atoms with E-state index < -0.39 is 13.8 Å². The van der Waals surface area contributed by atoms with E-state index in [9.17, 15) is 4.79 Å². The zero-order chi connectivity index (χ0) is 15.9. The van der Waals surface area contributed by atoms with E-state index in [2.05, 4.69) is 0 Å². The SMILES string of the molecule is NCCCCCCCCCCCC(=O)O.O=P(O)(O)O.[Zr]. The molecule has 9 heteroatoms. The van der Waals surface area contributed by atoms with Crippen LogP contribution >= 0.6 is 7.82 Å². The molecule has 0 aliphatic heterocycles. The zero-order valence-corrected chi connectivity index (χ0v) is 15.8. The largest absolute Gasteiger partial charge is 0.481 e. The Kier molecular flexibility index (Phi) is 23.2. The maximum atomic E-state index is 10.2. The molecule has 0 unspecified atom stereocenters. The molecule has 6 N–H and O–H groups in total. The molecule has 21 heavy (non-hydrogen) atoms. The average molecular weight is 405 g/mol. The topological polar surface area (TPSA) is 141 Å². The second-order valence-corrected chi connectivity index (χ2v) is 5.65. The van der Waals surface area contributed by atoms with E-state index in [-0.39, 0.29) is 26.2 Å². The van der Waals surface area contributed by atoms with E-state index in [4.69, 9.17) is 30.1 Å². The van der Waals surface area contributed by atoms with Crippen LogP contribution in [0.4, 0.5) is 0 Å². The zero-order valence-electron chi connectivity index (χ0n) is 12.4. The Bertz CT molecular complexity index is 266. The number of phosphoric acid groups is 1. The minimum Gasteiger partial charge on any atom is -0.481 e. The van der Waals surface area contributed by atoms with Gasteiger partial charge in [0.25, 0.3) is 0 Å².